The van der Waals surface area contributed by atoms with Crippen molar-refractivity contribution in [1.82, 2.24) is 10.2 Å². The van der Waals surface area contributed by atoms with E-state index in [-0.39, 0.29) is 23.0 Å². The van der Waals surface area contributed by atoms with E-state index in [9.17, 15) is 9.59 Å². The Morgan fingerprint density at radius 2 is 1.88 bits per heavy atom. The standard InChI is InChI=1S/C25H29N3O4S2/c1-5-31-23(30)20-17-8-6-7-9-18(17)34-22(20)26-19(29)14-33-24-28-27-21(32-24)15-10-12-16(13-11-15)25(2,3)4/h10-13H,5-9,14H2,1-4H3,(H,26,29). The van der Waals surface area contributed by atoms with Crippen molar-refractivity contribution in [3.63, 3.8) is 0 Å². The zero-order chi connectivity index (χ0) is 24.3. The van der Waals surface area contributed by atoms with Crippen LogP contribution in [0.25, 0.3) is 11.5 Å². The molecule has 2 heterocycles. The Bertz CT molecular complexity index is 1180. The summed E-state index contributed by atoms with van der Waals surface area (Å²) in [6, 6.07) is 8.04. The minimum absolute atomic E-state index is 0.0662. The van der Waals surface area contributed by atoms with Gasteiger partial charge in [-0.3, -0.25) is 4.79 Å². The van der Waals surface area contributed by atoms with Gasteiger partial charge in [0.1, 0.15) is 5.00 Å². The highest BCUT2D eigenvalue weighted by Crippen LogP contribution is 2.38. The molecule has 0 fully saturated rings. The average molecular weight is 500 g/mol. The molecule has 1 N–H and O–H groups in total. The summed E-state index contributed by atoms with van der Waals surface area (Å²) >= 11 is 2.64. The molecule has 7 nitrogen and oxygen atoms in total. The fraction of sp³-hybridized carbons (Fsp3) is 0.440. The van der Waals surface area contributed by atoms with Gasteiger partial charge in [-0.05, 0) is 61.3 Å². The molecule has 0 bridgehead atoms. The molecule has 0 unspecified atom stereocenters. The number of esters is 1. The summed E-state index contributed by atoms with van der Waals surface area (Å²) in [6.45, 7) is 8.56. The van der Waals surface area contributed by atoms with Crippen LogP contribution in [0.15, 0.2) is 33.9 Å². The van der Waals surface area contributed by atoms with Gasteiger partial charge < -0.3 is 14.5 Å². The molecule has 0 atom stereocenters. The number of rotatable bonds is 7. The molecule has 180 valence electrons. The zero-order valence-electron chi connectivity index (χ0n) is 19.9. The van der Waals surface area contributed by atoms with Gasteiger partial charge in [0, 0.05) is 10.4 Å². The van der Waals surface area contributed by atoms with Crippen LogP contribution in [0.3, 0.4) is 0 Å². The number of nitrogens with one attached hydrogen (secondary N) is 1. The molecule has 1 aromatic carbocycles. The number of carbonyl (C=O) groups is 2. The Morgan fingerprint density at radius 1 is 1.15 bits per heavy atom. The van der Waals surface area contributed by atoms with Crippen LogP contribution in [0.2, 0.25) is 0 Å². The number of amides is 1. The Morgan fingerprint density at radius 3 is 2.59 bits per heavy atom. The molecule has 1 aliphatic carbocycles. The Kier molecular flexibility index (Phi) is 7.42. The maximum atomic E-state index is 12.7. The highest BCUT2D eigenvalue weighted by atomic mass is 32.2. The molecule has 9 heteroatoms. The predicted molar refractivity (Wildman–Crippen MR) is 135 cm³/mol. The first-order valence-corrected chi connectivity index (χ1v) is 13.2. The van der Waals surface area contributed by atoms with Crippen LogP contribution in [0.5, 0.6) is 0 Å². The third-order valence-electron chi connectivity index (χ3n) is 5.63. The number of benzene rings is 1. The topological polar surface area (TPSA) is 94.3 Å². The average Bonchev–Trinajstić information content (AvgIpc) is 3.42. The molecule has 1 aliphatic rings. The first-order chi connectivity index (χ1) is 16.3. The number of thioether (sulfide) groups is 1. The van der Waals surface area contributed by atoms with Crippen LogP contribution < -0.4 is 5.32 Å². The Labute approximate surface area is 207 Å². The molecule has 3 aromatic rings. The van der Waals surface area contributed by atoms with Gasteiger partial charge in [-0.2, -0.15) is 0 Å². The second-order valence-electron chi connectivity index (χ2n) is 9.17. The van der Waals surface area contributed by atoms with Crippen molar-refractivity contribution in [1.29, 1.82) is 0 Å². The quantitative estimate of drug-likeness (QED) is 0.320. The number of nitrogens with zero attached hydrogens (tertiary/aromatic N) is 2. The number of carbonyl (C=O) groups excluding carboxylic acids is 2. The van der Waals surface area contributed by atoms with Crippen molar-refractivity contribution in [2.75, 3.05) is 17.7 Å². The van der Waals surface area contributed by atoms with Gasteiger partial charge in [0.2, 0.25) is 11.8 Å². The number of anilines is 1. The summed E-state index contributed by atoms with van der Waals surface area (Å²) in [5.74, 6) is -0.0960. The molecule has 1 amide bonds. The number of fused-ring (bicyclic) bond motifs is 1. The van der Waals surface area contributed by atoms with E-state index in [1.165, 1.54) is 28.7 Å². The van der Waals surface area contributed by atoms with Crippen LogP contribution in [0.1, 0.15) is 66.9 Å². The fourth-order valence-electron chi connectivity index (χ4n) is 3.86. The summed E-state index contributed by atoms with van der Waals surface area (Å²) < 4.78 is 11.0. The van der Waals surface area contributed by atoms with Crippen molar-refractivity contribution in [2.24, 2.45) is 0 Å². The summed E-state index contributed by atoms with van der Waals surface area (Å²) in [7, 11) is 0. The van der Waals surface area contributed by atoms with Crippen molar-refractivity contribution in [2.45, 2.75) is 64.0 Å². The zero-order valence-corrected chi connectivity index (χ0v) is 21.5. The van der Waals surface area contributed by atoms with Gasteiger partial charge in [-0.15, -0.1) is 21.5 Å². The molecule has 0 saturated heterocycles. The smallest absolute Gasteiger partial charge is 0.341 e. The number of hydrogen-bond acceptors (Lipinski definition) is 8. The van der Waals surface area contributed by atoms with Crippen molar-refractivity contribution >= 4 is 40.0 Å². The van der Waals surface area contributed by atoms with Crippen molar-refractivity contribution in [3.8, 4) is 11.5 Å². The number of aryl methyl sites for hydroxylation is 1. The molecule has 4 rings (SSSR count). The molecule has 0 saturated carbocycles. The number of thiophene rings is 1. The minimum Gasteiger partial charge on any atom is -0.462 e. The van der Waals surface area contributed by atoms with E-state index in [4.69, 9.17) is 9.15 Å². The third kappa shape index (κ3) is 5.52. The van der Waals surface area contributed by atoms with Gasteiger partial charge >= 0.3 is 5.97 Å². The normalized spacial score (nSPS) is 13.4. The van der Waals surface area contributed by atoms with E-state index < -0.39 is 0 Å². The van der Waals surface area contributed by atoms with Gasteiger partial charge in [0.25, 0.3) is 5.22 Å². The summed E-state index contributed by atoms with van der Waals surface area (Å²) in [5.41, 5.74) is 3.66. The lowest BCUT2D eigenvalue weighted by molar-refractivity contribution is -0.113. The Balaban J connectivity index is 1.40. The molecular formula is C25H29N3O4S2. The largest absolute Gasteiger partial charge is 0.462 e. The molecule has 0 spiro atoms. The second-order valence-corrected chi connectivity index (χ2v) is 11.2. The Hall–Kier alpha value is -2.65. The van der Waals surface area contributed by atoms with E-state index >= 15 is 0 Å². The summed E-state index contributed by atoms with van der Waals surface area (Å²) in [4.78, 5) is 26.4. The van der Waals surface area contributed by atoms with E-state index in [0.717, 1.165) is 41.7 Å². The van der Waals surface area contributed by atoms with E-state index in [2.05, 4.69) is 48.4 Å². The molecule has 0 aliphatic heterocycles. The van der Waals surface area contributed by atoms with Gasteiger partial charge in [-0.1, -0.05) is 44.7 Å². The lowest BCUT2D eigenvalue weighted by atomic mass is 9.87. The van der Waals surface area contributed by atoms with Crippen LogP contribution >= 0.6 is 23.1 Å². The van der Waals surface area contributed by atoms with Crippen molar-refractivity contribution in [3.05, 3.63) is 45.8 Å². The van der Waals surface area contributed by atoms with Gasteiger partial charge in [-0.25, -0.2) is 4.79 Å². The van der Waals surface area contributed by atoms with Gasteiger partial charge in [0.05, 0.1) is 17.9 Å². The minimum atomic E-state index is -0.371. The van der Waals surface area contributed by atoms with E-state index in [1.807, 2.05) is 12.1 Å². The molecule has 34 heavy (non-hydrogen) atoms. The monoisotopic (exact) mass is 499 g/mol. The molecule has 0 radical (unpaired) electrons. The van der Waals surface area contributed by atoms with Gasteiger partial charge in [0.15, 0.2) is 0 Å². The lowest BCUT2D eigenvalue weighted by Crippen LogP contribution is -2.17. The van der Waals surface area contributed by atoms with Crippen molar-refractivity contribution < 1.29 is 18.7 Å². The van der Waals surface area contributed by atoms with Crippen LogP contribution in [0, 0.1) is 0 Å². The van der Waals surface area contributed by atoms with Crippen LogP contribution in [0.4, 0.5) is 5.00 Å². The number of hydrogen-bond donors (Lipinski definition) is 1. The highest BCUT2D eigenvalue weighted by molar-refractivity contribution is 7.99. The first kappa shape index (κ1) is 24.5. The summed E-state index contributed by atoms with van der Waals surface area (Å²) in [6.07, 6.45) is 3.90. The van der Waals surface area contributed by atoms with E-state index in [1.54, 1.807) is 6.92 Å². The predicted octanol–water partition coefficient (Wildman–Crippen LogP) is 5.88. The van der Waals surface area contributed by atoms with Crippen LogP contribution in [-0.2, 0) is 27.8 Å². The molecular weight excluding hydrogens is 470 g/mol. The maximum Gasteiger partial charge on any atom is 0.341 e. The SMILES string of the molecule is CCOC(=O)c1c(NC(=O)CSc2nnc(-c3ccc(C(C)(C)C)cc3)o2)sc2c1CCCC2. The maximum absolute atomic E-state index is 12.7. The number of ether oxygens (including phenoxy) is 1. The number of aromatic nitrogens is 2. The third-order valence-corrected chi connectivity index (χ3v) is 7.66. The highest BCUT2D eigenvalue weighted by Gasteiger charge is 2.27. The lowest BCUT2D eigenvalue weighted by Gasteiger charge is -2.18. The van der Waals surface area contributed by atoms with Crippen LogP contribution in [-0.4, -0.2) is 34.4 Å². The summed E-state index contributed by atoms with van der Waals surface area (Å²) in [5, 5.41) is 12.0. The molecule has 2 aromatic heterocycles. The fourth-order valence-corrected chi connectivity index (χ4v) is 5.72. The second kappa shape index (κ2) is 10.3. The first-order valence-electron chi connectivity index (χ1n) is 11.4. The van der Waals surface area contributed by atoms with E-state index in [0.29, 0.717) is 28.3 Å².